The van der Waals surface area contributed by atoms with Crippen molar-refractivity contribution >= 4 is 11.6 Å². The van der Waals surface area contributed by atoms with Crippen LogP contribution in [-0.2, 0) is 13.2 Å². The van der Waals surface area contributed by atoms with Crippen molar-refractivity contribution in [1.82, 2.24) is 20.1 Å². The molecule has 6 heteroatoms. The maximum absolute atomic E-state index is 6.21. The van der Waals surface area contributed by atoms with Gasteiger partial charge >= 0.3 is 0 Å². The average Bonchev–Trinajstić information content (AvgIpc) is 2.86. The lowest BCUT2D eigenvalue weighted by atomic mass is 10.2. The first-order valence-electron chi connectivity index (χ1n) is 6.56. The van der Waals surface area contributed by atoms with E-state index >= 15 is 0 Å². The van der Waals surface area contributed by atoms with Gasteiger partial charge in [-0.1, -0.05) is 17.7 Å². The lowest BCUT2D eigenvalue weighted by Gasteiger charge is -2.12. The summed E-state index contributed by atoms with van der Waals surface area (Å²) in [5.74, 6) is 1.44. The first-order valence-corrected chi connectivity index (χ1v) is 6.93. The summed E-state index contributed by atoms with van der Waals surface area (Å²) in [7, 11) is 1.90. The SMILES string of the molecule is CNCc1ccc(OCc2ncnn2C(C)C)c(Cl)c1. The Labute approximate surface area is 123 Å². The smallest absolute Gasteiger partial charge is 0.165 e. The summed E-state index contributed by atoms with van der Waals surface area (Å²) in [6.45, 7) is 5.24. The minimum Gasteiger partial charge on any atom is -0.484 e. The van der Waals surface area contributed by atoms with Gasteiger partial charge in [0, 0.05) is 12.6 Å². The van der Waals surface area contributed by atoms with E-state index < -0.39 is 0 Å². The molecule has 1 aromatic carbocycles. The molecule has 0 saturated carbocycles. The molecule has 0 unspecified atom stereocenters. The number of benzene rings is 1. The highest BCUT2D eigenvalue weighted by Gasteiger charge is 2.09. The highest BCUT2D eigenvalue weighted by molar-refractivity contribution is 6.32. The van der Waals surface area contributed by atoms with E-state index in [1.165, 1.54) is 6.33 Å². The quantitative estimate of drug-likeness (QED) is 0.890. The minimum atomic E-state index is 0.254. The third-order valence-corrected chi connectivity index (χ3v) is 3.17. The molecule has 1 heterocycles. The second kappa shape index (κ2) is 6.72. The van der Waals surface area contributed by atoms with Gasteiger partial charge in [0.25, 0.3) is 0 Å². The Bertz CT molecular complexity index is 568. The Hall–Kier alpha value is -1.59. The van der Waals surface area contributed by atoms with E-state index in [1.54, 1.807) is 0 Å². The predicted molar refractivity (Wildman–Crippen MR) is 79.0 cm³/mol. The van der Waals surface area contributed by atoms with Gasteiger partial charge in [0.15, 0.2) is 5.82 Å². The molecular formula is C14H19ClN4O. The number of rotatable bonds is 6. The van der Waals surface area contributed by atoms with Crippen molar-refractivity contribution < 1.29 is 4.74 Å². The van der Waals surface area contributed by atoms with Crippen molar-refractivity contribution in [3.63, 3.8) is 0 Å². The van der Waals surface area contributed by atoms with Gasteiger partial charge < -0.3 is 10.1 Å². The average molecular weight is 295 g/mol. The number of halogens is 1. The Morgan fingerprint density at radius 3 is 2.85 bits per heavy atom. The molecule has 0 aliphatic rings. The van der Waals surface area contributed by atoms with Gasteiger partial charge in [-0.2, -0.15) is 5.10 Å². The highest BCUT2D eigenvalue weighted by Crippen LogP contribution is 2.26. The van der Waals surface area contributed by atoms with Gasteiger partial charge in [-0.3, -0.25) is 0 Å². The van der Waals surface area contributed by atoms with E-state index in [0.717, 1.165) is 17.9 Å². The molecule has 20 heavy (non-hydrogen) atoms. The molecule has 0 fully saturated rings. The van der Waals surface area contributed by atoms with Gasteiger partial charge in [-0.15, -0.1) is 0 Å². The molecule has 1 aromatic heterocycles. The van der Waals surface area contributed by atoms with Gasteiger partial charge in [-0.25, -0.2) is 9.67 Å². The standard InChI is InChI=1S/C14H19ClN4O/c1-10(2)19-14(17-9-18-19)8-20-13-5-4-11(7-16-3)6-12(13)15/h4-6,9-10,16H,7-8H2,1-3H3. The fourth-order valence-corrected chi connectivity index (χ4v) is 2.18. The van der Waals surface area contributed by atoms with E-state index in [9.17, 15) is 0 Å². The van der Waals surface area contributed by atoms with Crippen LogP contribution in [0.1, 0.15) is 31.3 Å². The van der Waals surface area contributed by atoms with Crippen molar-refractivity contribution in [2.24, 2.45) is 0 Å². The molecule has 108 valence electrons. The second-order valence-corrected chi connectivity index (χ2v) is 5.21. The molecule has 0 atom stereocenters. The summed E-state index contributed by atoms with van der Waals surface area (Å²) >= 11 is 6.21. The van der Waals surface area contributed by atoms with Gasteiger partial charge in [-0.05, 0) is 38.6 Å². The van der Waals surface area contributed by atoms with Crippen LogP contribution in [0, 0.1) is 0 Å². The van der Waals surface area contributed by atoms with E-state index in [4.69, 9.17) is 16.3 Å². The van der Waals surface area contributed by atoms with Crippen molar-refractivity contribution in [2.75, 3.05) is 7.05 Å². The van der Waals surface area contributed by atoms with Gasteiger partial charge in [0.2, 0.25) is 0 Å². The zero-order chi connectivity index (χ0) is 14.5. The van der Waals surface area contributed by atoms with Crippen LogP contribution in [0.25, 0.3) is 0 Å². The van der Waals surface area contributed by atoms with Crippen LogP contribution in [0.3, 0.4) is 0 Å². The van der Waals surface area contributed by atoms with E-state index in [2.05, 4.69) is 29.2 Å². The Kier molecular flexibility index (Phi) is 4.98. The normalized spacial score (nSPS) is 11.1. The van der Waals surface area contributed by atoms with E-state index in [-0.39, 0.29) is 6.04 Å². The molecular weight excluding hydrogens is 276 g/mol. The van der Waals surface area contributed by atoms with Crippen LogP contribution in [0.5, 0.6) is 5.75 Å². The molecule has 0 spiro atoms. The first-order chi connectivity index (χ1) is 9.61. The van der Waals surface area contributed by atoms with Crippen molar-refractivity contribution in [2.45, 2.75) is 33.0 Å². The maximum atomic E-state index is 6.21. The van der Waals surface area contributed by atoms with E-state index in [0.29, 0.717) is 17.4 Å². The van der Waals surface area contributed by atoms with Gasteiger partial charge in [0.1, 0.15) is 18.7 Å². The molecule has 5 nitrogen and oxygen atoms in total. The Balaban J connectivity index is 2.05. The predicted octanol–water partition coefficient (Wildman–Crippen LogP) is 2.81. The molecule has 0 saturated heterocycles. The molecule has 0 bridgehead atoms. The zero-order valence-electron chi connectivity index (χ0n) is 11.9. The van der Waals surface area contributed by atoms with Crippen LogP contribution >= 0.6 is 11.6 Å². The molecule has 2 aromatic rings. The highest BCUT2D eigenvalue weighted by atomic mass is 35.5. The number of nitrogens with one attached hydrogen (secondary N) is 1. The summed E-state index contributed by atoms with van der Waals surface area (Å²) in [5.41, 5.74) is 1.12. The second-order valence-electron chi connectivity index (χ2n) is 4.80. The van der Waals surface area contributed by atoms with Crippen LogP contribution in [0.2, 0.25) is 5.02 Å². The van der Waals surface area contributed by atoms with Crippen LogP contribution in [0.4, 0.5) is 0 Å². The molecule has 0 aliphatic heterocycles. The van der Waals surface area contributed by atoms with Crippen molar-refractivity contribution in [3.05, 3.63) is 40.9 Å². The topological polar surface area (TPSA) is 52.0 Å². The Morgan fingerprint density at radius 1 is 1.40 bits per heavy atom. The first kappa shape index (κ1) is 14.8. The van der Waals surface area contributed by atoms with Gasteiger partial charge in [0.05, 0.1) is 5.02 Å². The maximum Gasteiger partial charge on any atom is 0.165 e. The number of aromatic nitrogens is 3. The van der Waals surface area contributed by atoms with E-state index in [1.807, 2.05) is 29.9 Å². The van der Waals surface area contributed by atoms with Crippen LogP contribution < -0.4 is 10.1 Å². The van der Waals surface area contributed by atoms with Crippen molar-refractivity contribution in [1.29, 1.82) is 0 Å². The largest absolute Gasteiger partial charge is 0.484 e. The van der Waals surface area contributed by atoms with Crippen LogP contribution in [0.15, 0.2) is 24.5 Å². The number of hydrogen-bond donors (Lipinski definition) is 1. The molecule has 0 aliphatic carbocycles. The summed E-state index contributed by atoms with van der Waals surface area (Å²) in [6.07, 6.45) is 1.54. The summed E-state index contributed by atoms with van der Waals surface area (Å²) in [4.78, 5) is 4.20. The lowest BCUT2D eigenvalue weighted by Crippen LogP contribution is -2.11. The summed E-state index contributed by atoms with van der Waals surface area (Å²) < 4.78 is 7.57. The summed E-state index contributed by atoms with van der Waals surface area (Å²) in [5, 5.41) is 7.86. The third kappa shape index (κ3) is 3.49. The molecule has 2 rings (SSSR count). The fourth-order valence-electron chi connectivity index (χ4n) is 1.93. The summed E-state index contributed by atoms with van der Waals surface area (Å²) in [6, 6.07) is 6.03. The Morgan fingerprint density at radius 2 is 2.20 bits per heavy atom. The fraction of sp³-hybridized carbons (Fsp3) is 0.429. The molecule has 0 radical (unpaired) electrons. The minimum absolute atomic E-state index is 0.254. The molecule has 1 N–H and O–H groups in total. The molecule has 0 amide bonds. The van der Waals surface area contributed by atoms with Crippen LogP contribution in [-0.4, -0.2) is 21.8 Å². The zero-order valence-corrected chi connectivity index (χ0v) is 12.7. The monoisotopic (exact) mass is 294 g/mol. The number of hydrogen-bond acceptors (Lipinski definition) is 4. The third-order valence-electron chi connectivity index (χ3n) is 2.87. The lowest BCUT2D eigenvalue weighted by molar-refractivity contribution is 0.282. The number of nitrogens with zero attached hydrogens (tertiary/aromatic N) is 3. The number of ether oxygens (including phenoxy) is 1. The van der Waals surface area contributed by atoms with Crippen molar-refractivity contribution in [3.8, 4) is 5.75 Å².